The average molecular weight is 266 g/mol. The summed E-state index contributed by atoms with van der Waals surface area (Å²) >= 11 is 0. The highest BCUT2D eigenvalue weighted by molar-refractivity contribution is 5.40. The fourth-order valence-corrected chi connectivity index (χ4v) is 1.83. The van der Waals surface area contributed by atoms with Crippen LogP contribution in [0, 0.1) is 0 Å². The Morgan fingerprint density at radius 3 is 2.42 bits per heavy atom. The summed E-state index contributed by atoms with van der Waals surface area (Å²) in [5.41, 5.74) is 7.03. The lowest BCUT2D eigenvalue weighted by Gasteiger charge is -2.24. The Bertz CT molecular complexity index is 400. The lowest BCUT2D eigenvalue weighted by atomic mass is 10.0. The molecule has 0 heterocycles. The third kappa shape index (κ3) is 5.49. The van der Waals surface area contributed by atoms with Crippen molar-refractivity contribution in [1.29, 1.82) is 0 Å². The van der Waals surface area contributed by atoms with Crippen molar-refractivity contribution in [2.24, 2.45) is 5.73 Å². The molecule has 4 nitrogen and oxygen atoms in total. The second-order valence-electron chi connectivity index (χ2n) is 5.65. The first-order valence-electron chi connectivity index (χ1n) is 6.54. The summed E-state index contributed by atoms with van der Waals surface area (Å²) in [4.78, 5) is 2.25. The van der Waals surface area contributed by atoms with Crippen molar-refractivity contribution in [3.8, 4) is 11.5 Å². The number of benzene rings is 1. The summed E-state index contributed by atoms with van der Waals surface area (Å²) in [5, 5.41) is 0. The maximum absolute atomic E-state index is 6.00. The van der Waals surface area contributed by atoms with Gasteiger partial charge in [-0.2, -0.15) is 0 Å². The van der Waals surface area contributed by atoms with Gasteiger partial charge >= 0.3 is 0 Å². The molecule has 0 aliphatic carbocycles. The molecule has 0 aromatic heterocycles. The predicted octanol–water partition coefficient (Wildman–Crippen LogP) is 2.26. The molecule has 4 heteroatoms. The summed E-state index contributed by atoms with van der Waals surface area (Å²) in [6.07, 6.45) is 0.960. The zero-order valence-electron chi connectivity index (χ0n) is 12.7. The topological polar surface area (TPSA) is 47.7 Å². The SMILES string of the molecule is COc1ccc(CN(C)CCC(C)(C)N)c(OC)c1. The molecule has 1 rings (SSSR count). The first kappa shape index (κ1) is 15.8. The first-order valence-corrected chi connectivity index (χ1v) is 6.54. The van der Waals surface area contributed by atoms with Gasteiger partial charge in [-0.05, 0) is 39.9 Å². The van der Waals surface area contributed by atoms with Crippen molar-refractivity contribution in [2.45, 2.75) is 32.4 Å². The van der Waals surface area contributed by atoms with Gasteiger partial charge in [-0.1, -0.05) is 6.07 Å². The number of methoxy groups -OCH3 is 2. The van der Waals surface area contributed by atoms with Gasteiger partial charge in [0.15, 0.2) is 0 Å². The van der Waals surface area contributed by atoms with E-state index in [1.165, 1.54) is 0 Å². The van der Waals surface area contributed by atoms with Crippen LogP contribution in [0.25, 0.3) is 0 Å². The van der Waals surface area contributed by atoms with Gasteiger partial charge in [0, 0.05) is 23.7 Å². The van der Waals surface area contributed by atoms with E-state index in [0.29, 0.717) is 0 Å². The smallest absolute Gasteiger partial charge is 0.127 e. The van der Waals surface area contributed by atoms with E-state index in [0.717, 1.165) is 36.6 Å². The third-order valence-electron chi connectivity index (χ3n) is 3.07. The number of ether oxygens (including phenoxy) is 2. The van der Waals surface area contributed by atoms with Crippen LogP contribution in [0.5, 0.6) is 11.5 Å². The van der Waals surface area contributed by atoms with Crippen LogP contribution in [0.15, 0.2) is 18.2 Å². The number of hydrogen-bond donors (Lipinski definition) is 1. The monoisotopic (exact) mass is 266 g/mol. The van der Waals surface area contributed by atoms with Crippen molar-refractivity contribution in [2.75, 3.05) is 27.8 Å². The summed E-state index contributed by atoms with van der Waals surface area (Å²) in [5.74, 6) is 1.67. The van der Waals surface area contributed by atoms with E-state index < -0.39 is 0 Å². The molecule has 0 saturated carbocycles. The molecule has 0 aliphatic rings. The van der Waals surface area contributed by atoms with Crippen LogP contribution in [-0.4, -0.2) is 38.3 Å². The molecular weight excluding hydrogens is 240 g/mol. The van der Waals surface area contributed by atoms with Gasteiger partial charge in [-0.25, -0.2) is 0 Å². The average Bonchev–Trinajstić information content (AvgIpc) is 2.36. The van der Waals surface area contributed by atoms with Crippen LogP contribution in [0.3, 0.4) is 0 Å². The van der Waals surface area contributed by atoms with Crippen LogP contribution in [0.2, 0.25) is 0 Å². The number of hydrogen-bond acceptors (Lipinski definition) is 4. The van der Waals surface area contributed by atoms with Crippen LogP contribution < -0.4 is 15.2 Å². The van der Waals surface area contributed by atoms with Crippen molar-refractivity contribution >= 4 is 0 Å². The second-order valence-corrected chi connectivity index (χ2v) is 5.65. The Morgan fingerprint density at radius 1 is 1.21 bits per heavy atom. The molecule has 1 aromatic carbocycles. The minimum absolute atomic E-state index is 0.127. The fraction of sp³-hybridized carbons (Fsp3) is 0.600. The highest BCUT2D eigenvalue weighted by Crippen LogP contribution is 2.25. The molecule has 0 saturated heterocycles. The third-order valence-corrected chi connectivity index (χ3v) is 3.07. The van der Waals surface area contributed by atoms with Crippen molar-refractivity contribution in [3.63, 3.8) is 0 Å². The summed E-state index contributed by atoms with van der Waals surface area (Å²) in [6.45, 7) is 5.89. The molecule has 2 N–H and O–H groups in total. The standard InChI is InChI=1S/C15H26N2O2/c1-15(2,16)8-9-17(3)11-12-6-7-13(18-4)10-14(12)19-5/h6-7,10H,8-9,11,16H2,1-5H3. The fourth-order valence-electron chi connectivity index (χ4n) is 1.83. The highest BCUT2D eigenvalue weighted by Gasteiger charge is 2.13. The molecule has 0 atom stereocenters. The zero-order valence-corrected chi connectivity index (χ0v) is 12.7. The van der Waals surface area contributed by atoms with Crippen LogP contribution >= 0.6 is 0 Å². The normalized spacial score (nSPS) is 11.7. The van der Waals surface area contributed by atoms with E-state index in [9.17, 15) is 0 Å². The van der Waals surface area contributed by atoms with E-state index in [1.54, 1.807) is 14.2 Å². The largest absolute Gasteiger partial charge is 0.497 e. The van der Waals surface area contributed by atoms with Gasteiger partial charge in [-0.15, -0.1) is 0 Å². The van der Waals surface area contributed by atoms with E-state index in [2.05, 4.69) is 25.8 Å². The molecule has 1 aromatic rings. The maximum Gasteiger partial charge on any atom is 0.127 e. The minimum atomic E-state index is -0.127. The van der Waals surface area contributed by atoms with E-state index in [4.69, 9.17) is 15.2 Å². The first-order chi connectivity index (χ1) is 8.85. The van der Waals surface area contributed by atoms with Crippen molar-refractivity contribution in [1.82, 2.24) is 4.90 Å². The van der Waals surface area contributed by atoms with Gasteiger partial charge in [0.1, 0.15) is 11.5 Å². The van der Waals surface area contributed by atoms with Gasteiger partial charge in [0.2, 0.25) is 0 Å². The van der Waals surface area contributed by atoms with Crippen molar-refractivity contribution in [3.05, 3.63) is 23.8 Å². The van der Waals surface area contributed by atoms with E-state index >= 15 is 0 Å². The minimum Gasteiger partial charge on any atom is -0.497 e. The second kappa shape index (κ2) is 6.78. The highest BCUT2D eigenvalue weighted by atomic mass is 16.5. The molecular formula is C15H26N2O2. The maximum atomic E-state index is 6.00. The molecule has 0 radical (unpaired) electrons. The molecule has 0 spiro atoms. The quantitative estimate of drug-likeness (QED) is 0.822. The predicted molar refractivity (Wildman–Crippen MR) is 78.8 cm³/mol. The molecule has 0 unspecified atom stereocenters. The van der Waals surface area contributed by atoms with Gasteiger partial charge in [0.25, 0.3) is 0 Å². The molecule has 0 aliphatic heterocycles. The van der Waals surface area contributed by atoms with Crippen LogP contribution in [-0.2, 0) is 6.54 Å². The Kier molecular flexibility index (Phi) is 5.63. The van der Waals surface area contributed by atoms with Crippen molar-refractivity contribution < 1.29 is 9.47 Å². The Morgan fingerprint density at radius 2 is 1.89 bits per heavy atom. The van der Waals surface area contributed by atoms with Gasteiger partial charge < -0.3 is 20.1 Å². The Balaban J connectivity index is 2.65. The zero-order chi connectivity index (χ0) is 14.5. The van der Waals surface area contributed by atoms with E-state index in [1.807, 2.05) is 18.2 Å². The molecule has 0 amide bonds. The van der Waals surface area contributed by atoms with E-state index in [-0.39, 0.29) is 5.54 Å². The Labute approximate surface area is 116 Å². The molecule has 108 valence electrons. The lowest BCUT2D eigenvalue weighted by molar-refractivity contribution is 0.283. The Hall–Kier alpha value is -1.26. The van der Waals surface area contributed by atoms with Crippen LogP contribution in [0.1, 0.15) is 25.8 Å². The molecule has 0 fully saturated rings. The number of rotatable bonds is 7. The van der Waals surface area contributed by atoms with Gasteiger partial charge in [0.05, 0.1) is 14.2 Å². The lowest BCUT2D eigenvalue weighted by Crippen LogP contribution is -2.36. The number of nitrogens with two attached hydrogens (primary N) is 1. The number of nitrogens with zero attached hydrogens (tertiary/aromatic N) is 1. The summed E-state index contributed by atoms with van der Waals surface area (Å²) in [6, 6.07) is 5.91. The van der Waals surface area contributed by atoms with Gasteiger partial charge in [-0.3, -0.25) is 0 Å². The molecule has 19 heavy (non-hydrogen) atoms. The molecule has 0 bridgehead atoms. The van der Waals surface area contributed by atoms with Crippen LogP contribution in [0.4, 0.5) is 0 Å². The summed E-state index contributed by atoms with van der Waals surface area (Å²) < 4.78 is 10.6. The summed E-state index contributed by atoms with van der Waals surface area (Å²) in [7, 11) is 5.43.